The molecule has 1 aliphatic carbocycles. The van der Waals surface area contributed by atoms with Gasteiger partial charge < -0.3 is 25.1 Å². The van der Waals surface area contributed by atoms with Crippen LogP contribution in [0.25, 0.3) is 17.1 Å². The number of aromatic amines is 2. The number of amides is 1. The van der Waals surface area contributed by atoms with Crippen molar-refractivity contribution in [3.05, 3.63) is 64.1 Å². The summed E-state index contributed by atoms with van der Waals surface area (Å²) in [6.45, 7) is 4.08. The van der Waals surface area contributed by atoms with Gasteiger partial charge in [-0.15, -0.1) is 0 Å². The fourth-order valence-corrected chi connectivity index (χ4v) is 3.17. The van der Waals surface area contributed by atoms with E-state index in [0.717, 1.165) is 11.1 Å². The normalized spacial score (nSPS) is 14.4. The van der Waals surface area contributed by atoms with Crippen LogP contribution in [0.2, 0.25) is 0 Å². The first-order valence-corrected chi connectivity index (χ1v) is 9.99. The van der Waals surface area contributed by atoms with E-state index in [9.17, 15) is 14.7 Å². The van der Waals surface area contributed by atoms with Crippen molar-refractivity contribution in [1.82, 2.24) is 9.97 Å². The first-order valence-electron chi connectivity index (χ1n) is 9.99. The van der Waals surface area contributed by atoms with Crippen LogP contribution in [0.3, 0.4) is 0 Å². The number of ether oxygens (including phenoxy) is 1. The second-order valence-electron chi connectivity index (χ2n) is 8.20. The van der Waals surface area contributed by atoms with Gasteiger partial charge in [0.15, 0.2) is 0 Å². The van der Waals surface area contributed by atoms with Gasteiger partial charge >= 0.3 is 5.69 Å². The van der Waals surface area contributed by atoms with Crippen molar-refractivity contribution in [2.24, 2.45) is 5.92 Å². The molecule has 7 nitrogen and oxygen atoms in total. The highest BCUT2D eigenvalue weighted by atomic mass is 16.5. The van der Waals surface area contributed by atoms with Crippen LogP contribution in [-0.2, 0) is 10.4 Å². The van der Waals surface area contributed by atoms with E-state index in [1.54, 1.807) is 38.1 Å². The summed E-state index contributed by atoms with van der Waals surface area (Å²) in [6.07, 6.45) is 5.45. The monoisotopic (exact) mass is 407 g/mol. The molecule has 3 aromatic rings. The van der Waals surface area contributed by atoms with E-state index < -0.39 is 5.60 Å². The number of aliphatic hydroxyl groups is 1. The number of imidazole rings is 1. The van der Waals surface area contributed by atoms with Gasteiger partial charge in [0.2, 0.25) is 5.91 Å². The molecule has 7 heteroatoms. The fraction of sp³-hybridized carbons (Fsp3) is 0.304. The van der Waals surface area contributed by atoms with E-state index in [4.69, 9.17) is 4.74 Å². The van der Waals surface area contributed by atoms with Crippen LogP contribution < -0.4 is 15.7 Å². The van der Waals surface area contributed by atoms with E-state index in [0.29, 0.717) is 35.0 Å². The number of carbonyl (C=O) groups excluding carboxylic acids is 1. The van der Waals surface area contributed by atoms with Crippen molar-refractivity contribution in [3.63, 3.8) is 0 Å². The SMILES string of the molecule is CC(C)(O)c1ccc(/C=C/C(=O)Nc2cccc3[nH]c(=O)[nH]c23)c(OCC2CC2)c1. The summed E-state index contributed by atoms with van der Waals surface area (Å²) in [5.74, 6) is 0.895. The van der Waals surface area contributed by atoms with Gasteiger partial charge in [0.1, 0.15) is 5.75 Å². The first kappa shape index (κ1) is 20.0. The molecule has 4 rings (SSSR count). The Kier molecular flexibility index (Phi) is 5.22. The Morgan fingerprint density at radius 3 is 2.80 bits per heavy atom. The molecule has 0 saturated heterocycles. The van der Waals surface area contributed by atoms with Gasteiger partial charge in [-0.1, -0.05) is 18.2 Å². The highest BCUT2D eigenvalue weighted by Crippen LogP contribution is 2.32. The Hall–Kier alpha value is -3.32. The summed E-state index contributed by atoms with van der Waals surface area (Å²) >= 11 is 0. The van der Waals surface area contributed by atoms with Gasteiger partial charge in [0, 0.05) is 11.6 Å². The van der Waals surface area contributed by atoms with Gasteiger partial charge in [0.05, 0.1) is 28.9 Å². The number of rotatable bonds is 7. The lowest BCUT2D eigenvalue weighted by Crippen LogP contribution is -2.15. The van der Waals surface area contributed by atoms with E-state index in [-0.39, 0.29) is 11.6 Å². The standard InChI is InChI=1S/C23H25N3O4/c1-23(2,29)16-10-8-15(19(12-16)30-13-14-6-7-14)9-11-20(27)24-17-4-3-5-18-21(17)26-22(28)25-18/h3-5,8-12,14,29H,6-7,13H2,1-2H3,(H,24,27)(H2,25,26,28)/b11-9+. The van der Waals surface area contributed by atoms with Gasteiger partial charge in [0.25, 0.3) is 0 Å². The molecular weight excluding hydrogens is 382 g/mol. The van der Waals surface area contributed by atoms with Crippen molar-refractivity contribution in [2.45, 2.75) is 32.3 Å². The van der Waals surface area contributed by atoms with Crippen LogP contribution in [-0.4, -0.2) is 27.6 Å². The fourth-order valence-electron chi connectivity index (χ4n) is 3.17. The third kappa shape index (κ3) is 4.63. The van der Waals surface area contributed by atoms with Crippen molar-refractivity contribution >= 4 is 28.7 Å². The Labute approximate surface area is 173 Å². The highest BCUT2D eigenvalue weighted by Gasteiger charge is 2.23. The molecule has 0 unspecified atom stereocenters. The van der Waals surface area contributed by atoms with Crippen molar-refractivity contribution in [2.75, 3.05) is 11.9 Å². The minimum atomic E-state index is -0.983. The number of H-pyrrole nitrogens is 2. The summed E-state index contributed by atoms with van der Waals surface area (Å²) in [6, 6.07) is 10.7. The summed E-state index contributed by atoms with van der Waals surface area (Å²) < 4.78 is 5.97. The molecule has 4 N–H and O–H groups in total. The second kappa shape index (κ2) is 7.84. The number of anilines is 1. The average molecular weight is 407 g/mol. The number of fused-ring (bicyclic) bond motifs is 1. The quantitative estimate of drug-likeness (QED) is 0.450. The number of nitrogens with one attached hydrogen (secondary N) is 3. The van der Waals surface area contributed by atoms with Gasteiger partial charge in [-0.3, -0.25) is 4.79 Å². The maximum Gasteiger partial charge on any atom is 0.323 e. The first-order chi connectivity index (χ1) is 14.3. The number of hydrogen-bond acceptors (Lipinski definition) is 4. The Morgan fingerprint density at radius 1 is 1.27 bits per heavy atom. The van der Waals surface area contributed by atoms with Crippen LogP contribution in [0.5, 0.6) is 5.75 Å². The number of para-hydroxylation sites is 1. The molecule has 0 aliphatic heterocycles. The van der Waals surface area contributed by atoms with E-state index in [2.05, 4.69) is 15.3 Å². The summed E-state index contributed by atoms with van der Waals surface area (Å²) in [4.78, 5) is 29.3. The Morgan fingerprint density at radius 2 is 2.07 bits per heavy atom. The average Bonchev–Trinajstić information content (AvgIpc) is 3.43. The second-order valence-corrected chi connectivity index (χ2v) is 8.20. The third-order valence-electron chi connectivity index (χ3n) is 5.11. The third-order valence-corrected chi connectivity index (χ3v) is 5.11. The van der Waals surface area contributed by atoms with Gasteiger partial charge in [-0.2, -0.15) is 0 Å². The number of aromatic nitrogens is 2. The van der Waals surface area contributed by atoms with Crippen molar-refractivity contribution in [3.8, 4) is 5.75 Å². The number of carbonyl (C=O) groups is 1. The van der Waals surface area contributed by atoms with Crippen LogP contribution in [0.1, 0.15) is 37.8 Å². The molecule has 0 radical (unpaired) electrons. The lowest BCUT2D eigenvalue weighted by atomic mass is 9.96. The van der Waals surface area contributed by atoms with Gasteiger partial charge in [-0.25, -0.2) is 4.79 Å². The minimum absolute atomic E-state index is 0.327. The zero-order valence-corrected chi connectivity index (χ0v) is 17.0. The molecule has 1 fully saturated rings. The molecule has 2 aromatic carbocycles. The van der Waals surface area contributed by atoms with E-state index in [1.165, 1.54) is 18.9 Å². The predicted molar refractivity (Wildman–Crippen MR) is 116 cm³/mol. The van der Waals surface area contributed by atoms with E-state index >= 15 is 0 Å². The van der Waals surface area contributed by atoms with Crippen LogP contribution in [0.4, 0.5) is 5.69 Å². The summed E-state index contributed by atoms with van der Waals surface area (Å²) in [5.41, 5.74) is 1.88. The number of benzene rings is 2. The summed E-state index contributed by atoms with van der Waals surface area (Å²) in [5, 5.41) is 13.1. The van der Waals surface area contributed by atoms with Crippen molar-refractivity contribution in [1.29, 1.82) is 0 Å². The van der Waals surface area contributed by atoms with Crippen LogP contribution in [0, 0.1) is 5.92 Å². The van der Waals surface area contributed by atoms with Gasteiger partial charge in [-0.05, 0) is 62.4 Å². The molecule has 0 spiro atoms. The highest BCUT2D eigenvalue weighted by molar-refractivity contribution is 6.06. The van der Waals surface area contributed by atoms with Crippen molar-refractivity contribution < 1.29 is 14.6 Å². The molecule has 1 saturated carbocycles. The maximum absolute atomic E-state index is 12.5. The zero-order valence-electron chi connectivity index (χ0n) is 17.0. The summed E-state index contributed by atoms with van der Waals surface area (Å²) in [7, 11) is 0. The zero-order chi connectivity index (χ0) is 21.3. The largest absolute Gasteiger partial charge is 0.493 e. The molecule has 156 valence electrons. The molecule has 0 atom stereocenters. The molecule has 1 aliphatic rings. The molecule has 1 amide bonds. The lowest BCUT2D eigenvalue weighted by Gasteiger charge is -2.20. The topological polar surface area (TPSA) is 107 Å². The number of hydrogen-bond donors (Lipinski definition) is 4. The van der Waals surface area contributed by atoms with E-state index in [1.807, 2.05) is 18.2 Å². The minimum Gasteiger partial charge on any atom is -0.493 e. The molecular formula is C23H25N3O4. The molecule has 1 heterocycles. The maximum atomic E-state index is 12.5. The molecule has 30 heavy (non-hydrogen) atoms. The Bertz CT molecular complexity index is 1160. The van der Waals surface area contributed by atoms with Crippen LogP contribution >= 0.6 is 0 Å². The Balaban J connectivity index is 1.54. The van der Waals surface area contributed by atoms with Crippen LogP contribution in [0.15, 0.2) is 47.3 Å². The lowest BCUT2D eigenvalue weighted by molar-refractivity contribution is -0.111. The smallest absolute Gasteiger partial charge is 0.323 e. The molecule has 0 bridgehead atoms. The molecule has 1 aromatic heterocycles. The predicted octanol–water partition coefficient (Wildman–Crippen LogP) is 3.52.